The molecule has 0 N–H and O–H groups in total. The second-order valence-corrected chi connectivity index (χ2v) is 4.58. The molecule has 0 spiro atoms. The van der Waals surface area contributed by atoms with Crippen LogP contribution in [0.15, 0.2) is 30.6 Å². The van der Waals surface area contributed by atoms with Crippen molar-refractivity contribution >= 4 is 17.1 Å². The van der Waals surface area contributed by atoms with Gasteiger partial charge in [-0.3, -0.25) is 0 Å². The number of carbonyl (C=O) groups is 1. The van der Waals surface area contributed by atoms with E-state index in [1.54, 1.807) is 0 Å². The Labute approximate surface area is 93.9 Å². The van der Waals surface area contributed by atoms with E-state index in [1.165, 1.54) is 10.9 Å². The highest BCUT2D eigenvalue weighted by Gasteiger charge is 2.19. The van der Waals surface area contributed by atoms with Gasteiger partial charge in [-0.15, -0.1) is 0 Å². The number of rotatable bonds is 0. The molecule has 0 saturated carbocycles. The molecule has 2 rings (SSSR count). The number of nitrogens with zero attached hydrogens (tertiary/aromatic N) is 2. The van der Waals surface area contributed by atoms with Gasteiger partial charge in [-0.2, -0.15) is 0 Å². The quantitative estimate of drug-likeness (QED) is 0.683. The van der Waals surface area contributed by atoms with Crippen molar-refractivity contribution in [3.63, 3.8) is 0 Å². The van der Waals surface area contributed by atoms with Crippen molar-refractivity contribution in [3.05, 3.63) is 30.6 Å². The molecule has 4 nitrogen and oxygen atoms in total. The second-order valence-electron chi connectivity index (χ2n) is 4.58. The van der Waals surface area contributed by atoms with Gasteiger partial charge in [0.05, 0.1) is 11.0 Å². The standard InChI is InChI=1S/C12H14N2O2/c1-12(2,3)16-11(15)14-8-13-9-6-4-5-7-10(9)14/h4-8H,1-3H3. The normalized spacial score (nSPS) is 11.7. The molecule has 84 valence electrons. The summed E-state index contributed by atoms with van der Waals surface area (Å²) in [5.74, 6) is 0. The average molecular weight is 218 g/mol. The number of carbonyl (C=O) groups excluding carboxylic acids is 1. The highest BCUT2D eigenvalue weighted by molar-refractivity contribution is 5.86. The number of imidazole rings is 1. The highest BCUT2D eigenvalue weighted by atomic mass is 16.6. The summed E-state index contributed by atoms with van der Waals surface area (Å²) in [6, 6.07) is 7.45. The van der Waals surface area contributed by atoms with Crippen molar-refractivity contribution in [2.24, 2.45) is 0 Å². The van der Waals surface area contributed by atoms with Crippen LogP contribution in [0.2, 0.25) is 0 Å². The van der Waals surface area contributed by atoms with Crippen molar-refractivity contribution in [3.8, 4) is 0 Å². The van der Waals surface area contributed by atoms with E-state index in [2.05, 4.69) is 4.98 Å². The number of ether oxygens (including phenoxy) is 1. The zero-order chi connectivity index (χ0) is 11.8. The Balaban J connectivity index is 2.37. The molecule has 0 atom stereocenters. The third-order valence-electron chi connectivity index (χ3n) is 2.04. The Morgan fingerprint density at radius 2 is 2.00 bits per heavy atom. The summed E-state index contributed by atoms with van der Waals surface area (Å²) < 4.78 is 6.69. The number of fused-ring (bicyclic) bond motifs is 1. The Kier molecular flexibility index (Phi) is 2.42. The molecule has 0 aliphatic heterocycles. The third-order valence-corrected chi connectivity index (χ3v) is 2.04. The Morgan fingerprint density at radius 1 is 1.31 bits per heavy atom. The monoisotopic (exact) mass is 218 g/mol. The van der Waals surface area contributed by atoms with Gasteiger partial charge in [0.15, 0.2) is 0 Å². The predicted octanol–water partition coefficient (Wildman–Crippen LogP) is 2.82. The first-order chi connectivity index (χ1) is 7.47. The molecule has 0 aliphatic carbocycles. The van der Waals surface area contributed by atoms with E-state index in [0.717, 1.165) is 11.0 Å². The second kappa shape index (κ2) is 3.63. The van der Waals surface area contributed by atoms with Crippen LogP contribution in [0.1, 0.15) is 20.8 Å². The molecule has 16 heavy (non-hydrogen) atoms. The number of hydrogen-bond donors (Lipinski definition) is 0. The molecule has 1 aromatic carbocycles. The van der Waals surface area contributed by atoms with Gasteiger partial charge in [0.25, 0.3) is 0 Å². The molecule has 0 aliphatic rings. The lowest BCUT2D eigenvalue weighted by molar-refractivity contribution is 0.0543. The Morgan fingerprint density at radius 3 is 2.69 bits per heavy atom. The zero-order valence-electron chi connectivity index (χ0n) is 9.60. The Bertz CT molecular complexity index is 523. The minimum absolute atomic E-state index is 0.402. The fraction of sp³-hybridized carbons (Fsp3) is 0.333. The van der Waals surface area contributed by atoms with E-state index >= 15 is 0 Å². The van der Waals surface area contributed by atoms with Crippen LogP contribution in [-0.2, 0) is 4.74 Å². The maximum Gasteiger partial charge on any atom is 0.420 e. The van der Waals surface area contributed by atoms with Crippen molar-refractivity contribution in [1.82, 2.24) is 9.55 Å². The molecular formula is C12H14N2O2. The molecule has 0 radical (unpaired) electrons. The van der Waals surface area contributed by atoms with Gasteiger partial charge in [0, 0.05) is 0 Å². The summed E-state index contributed by atoms with van der Waals surface area (Å²) in [5.41, 5.74) is 1.05. The van der Waals surface area contributed by atoms with Crippen molar-refractivity contribution in [2.75, 3.05) is 0 Å². The average Bonchev–Trinajstić information content (AvgIpc) is 2.58. The lowest BCUT2D eigenvalue weighted by Crippen LogP contribution is -2.26. The van der Waals surface area contributed by atoms with E-state index in [1.807, 2.05) is 45.0 Å². The van der Waals surface area contributed by atoms with Gasteiger partial charge in [-0.05, 0) is 32.9 Å². The van der Waals surface area contributed by atoms with Crippen LogP contribution in [0.25, 0.3) is 11.0 Å². The summed E-state index contributed by atoms with van der Waals surface area (Å²) in [6.07, 6.45) is 1.08. The summed E-state index contributed by atoms with van der Waals surface area (Å²) >= 11 is 0. The predicted molar refractivity (Wildman–Crippen MR) is 61.4 cm³/mol. The summed E-state index contributed by atoms with van der Waals surface area (Å²) in [4.78, 5) is 16.0. The lowest BCUT2D eigenvalue weighted by Gasteiger charge is -2.19. The van der Waals surface area contributed by atoms with Gasteiger partial charge in [-0.1, -0.05) is 12.1 Å². The molecule has 2 aromatic rings. The van der Waals surface area contributed by atoms with Crippen molar-refractivity contribution in [2.45, 2.75) is 26.4 Å². The molecule has 0 amide bonds. The maximum atomic E-state index is 11.8. The molecule has 1 aromatic heterocycles. The van der Waals surface area contributed by atoms with E-state index in [-0.39, 0.29) is 0 Å². The first-order valence-corrected chi connectivity index (χ1v) is 5.13. The SMILES string of the molecule is CC(C)(C)OC(=O)n1cnc2ccccc21. The smallest absolute Gasteiger partial charge is 0.420 e. The Hall–Kier alpha value is -1.84. The first-order valence-electron chi connectivity index (χ1n) is 5.13. The van der Waals surface area contributed by atoms with E-state index in [4.69, 9.17) is 4.74 Å². The van der Waals surface area contributed by atoms with Crippen LogP contribution in [0.5, 0.6) is 0 Å². The fourth-order valence-electron chi connectivity index (χ4n) is 1.42. The van der Waals surface area contributed by atoms with Crippen LogP contribution in [0.4, 0.5) is 4.79 Å². The largest absolute Gasteiger partial charge is 0.443 e. The molecule has 0 unspecified atom stereocenters. The van der Waals surface area contributed by atoms with Crippen LogP contribution in [0, 0.1) is 0 Å². The first kappa shape index (κ1) is 10.7. The van der Waals surface area contributed by atoms with E-state index in [9.17, 15) is 4.79 Å². The molecule has 0 fully saturated rings. The summed E-state index contributed by atoms with van der Waals surface area (Å²) in [7, 11) is 0. The minimum Gasteiger partial charge on any atom is -0.443 e. The number of benzene rings is 1. The van der Waals surface area contributed by atoms with Gasteiger partial charge in [0.1, 0.15) is 11.9 Å². The number of para-hydroxylation sites is 2. The lowest BCUT2D eigenvalue weighted by atomic mass is 10.2. The highest BCUT2D eigenvalue weighted by Crippen LogP contribution is 2.15. The van der Waals surface area contributed by atoms with E-state index in [0.29, 0.717) is 0 Å². The zero-order valence-corrected chi connectivity index (χ0v) is 9.60. The molecule has 1 heterocycles. The maximum absolute atomic E-state index is 11.8. The number of aromatic nitrogens is 2. The van der Waals surface area contributed by atoms with Crippen LogP contribution >= 0.6 is 0 Å². The summed E-state index contributed by atoms with van der Waals surface area (Å²) in [5, 5.41) is 0. The van der Waals surface area contributed by atoms with Crippen LogP contribution < -0.4 is 0 Å². The topological polar surface area (TPSA) is 44.1 Å². The van der Waals surface area contributed by atoms with Gasteiger partial charge in [0.2, 0.25) is 0 Å². The van der Waals surface area contributed by atoms with Crippen LogP contribution in [0.3, 0.4) is 0 Å². The molecule has 4 heteroatoms. The van der Waals surface area contributed by atoms with Gasteiger partial charge >= 0.3 is 6.09 Å². The van der Waals surface area contributed by atoms with Gasteiger partial charge < -0.3 is 4.74 Å². The molecule has 0 bridgehead atoms. The number of hydrogen-bond acceptors (Lipinski definition) is 3. The van der Waals surface area contributed by atoms with Crippen molar-refractivity contribution in [1.29, 1.82) is 0 Å². The summed E-state index contributed by atoms with van der Waals surface area (Å²) in [6.45, 7) is 5.51. The molecule has 0 saturated heterocycles. The van der Waals surface area contributed by atoms with Crippen molar-refractivity contribution < 1.29 is 9.53 Å². The molecular weight excluding hydrogens is 204 g/mol. The van der Waals surface area contributed by atoms with E-state index < -0.39 is 11.7 Å². The van der Waals surface area contributed by atoms with Gasteiger partial charge in [-0.25, -0.2) is 14.3 Å². The third kappa shape index (κ3) is 2.05. The fourth-order valence-corrected chi connectivity index (χ4v) is 1.42. The van der Waals surface area contributed by atoms with Crippen LogP contribution in [-0.4, -0.2) is 21.2 Å². The minimum atomic E-state index is -0.498.